The Morgan fingerprint density at radius 2 is 2.00 bits per heavy atom. The van der Waals surface area contributed by atoms with Crippen molar-refractivity contribution in [1.29, 1.82) is 0 Å². The van der Waals surface area contributed by atoms with Gasteiger partial charge < -0.3 is 15.0 Å². The smallest absolute Gasteiger partial charge is 0.239 e. The first-order chi connectivity index (χ1) is 12.5. The van der Waals surface area contributed by atoms with Crippen LogP contribution < -0.4 is 5.32 Å². The topological polar surface area (TPSA) is 101 Å². The molecule has 2 aliphatic heterocycles. The van der Waals surface area contributed by atoms with Crippen LogP contribution in [0.25, 0.3) is 0 Å². The standard InChI is InChI=1S/C17H27N5O4/c1-12-14(20-26-19-12)9-16(23)22-6-5-21(2)15(11-22)17(24)18-10-13-3-7-25-8-4-13/h13,15H,3-11H2,1-2H3,(H,18,24). The summed E-state index contributed by atoms with van der Waals surface area (Å²) in [5.74, 6) is 0.400. The monoisotopic (exact) mass is 365 g/mol. The average molecular weight is 365 g/mol. The van der Waals surface area contributed by atoms with E-state index in [0.29, 0.717) is 43.5 Å². The van der Waals surface area contributed by atoms with Gasteiger partial charge >= 0.3 is 0 Å². The third-order valence-corrected chi connectivity index (χ3v) is 5.27. The van der Waals surface area contributed by atoms with Crippen LogP contribution >= 0.6 is 0 Å². The second-order valence-corrected chi connectivity index (χ2v) is 7.11. The summed E-state index contributed by atoms with van der Waals surface area (Å²) < 4.78 is 10.00. The van der Waals surface area contributed by atoms with Crippen molar-refractivity contribution in [3.63, 3.8) is 0 Å². The molecule has 0 saturated carbocycles. The molecule has 2 aliphatic rings. The first-order valence-corrected chi connectivity index (χ1v) is 9.16. The molecule has 9 heteroatoms. The molecule has 9 nitrogen and oxygen atoms in total. The van der Waals surface area contributed by atoms with Crippen LogP contribution in [0.2, 0.25) is 0 Å². The molecule has 1 unspecified atom stereocenters. The molecule has 3 heterocycles. The summed E-state index contributed by atoms with van der Waals surface area (Å²) >= 11 is 0. The Bertz CT molecular complexity index is 628. The lowest BCUT2D eigenvalue weighted by molar-refractivity contribution is -0.137. The number of amides is 2. The summed E-state index contributed by atoms with van der Waals surface area (Å²) in [6.07, 6.45) is 2.11. The maximum atomic E-state index is 12.6. The largest absolute Gasteiger partial charge is 0.381 e. The summed E-state index contributed by atoms with van der Waals surface area (Å²) in [6.45, 7) is 5.62. The van der Waals surface area contributed by atoms with E-state index in [0.717, 1.165) is 26.1 Å². The lowest BCUT2D eigenvalue weighted by Crippen LogP contribution is -2.59. The molecule has 1 atom stereocenters. The van der Waals surface area contributed by atoms with Gasteiger partial charge in [0.1, 0.15) is 17.4 Å². The van der Waals surface area contributed by atoms with Crippen LogP contribution in [0.4, 0.5) is 0 Å². The fourth-order valence-electron chi connectivity index (χ4n) is 3.36. The summed E-state index contributed by atoms with van der Waals surface area (Å²) in [5, 5.41) is 10.5. The minimum absolute atomic E-state index is 0.0178. The fraction of sp³-hybridized carbons (Fsp3) is 0.765. The third-order valence-electron chi connectivity index (χ3n) is 5.27. The number of carbonyl (C=O) groups is 2. The van der Waals surface area contributed by atoms with Crippen LogP contribution in [0.5, 0.6) is 0 Å². The van der Waals surface area contributed by atoms with Crippen LogP contribution in [-0.4, -0.2) is 84.4 Å². The van der Waals surface area contributed by atoms with Gasteiger partial charge in [0.25, 0.3) is 0 Å². The van der Waals surface area contributed by atoms with E-state index in [2.05, 4.69) is 20.3 Å². The zero-order valence-electron chi connectivity index (χ0n) is 15.4. The van der Waals surface area contributed by atoms with Gasteiger partial charge in [-0.05, 0) is 32.7 Å². The molecule has 26 heavy (non-hydrogen) atoms. The second kappa shape index (κ2) is 8.59. The first-order valence-electron chi connectivity index (χ1n) is 9.16. The Hall–Kier alpha value is -2.00. The van der Waals surface area contributed by atoms with E-state index in [9.17, 15) is 9.59 Å². The predicted molar refractivity (Wildman–Crippen MR) is 92.3 cm³/mol. The Labute approximate surface area is 153 Å². The molecule has 1 aromatic heterocycles. The highest BCUT2D eigenvalue weighted by atomic mass is 16.6. The van der Waals surface area contributed by atoms with Crippen molar-refractivity contribution in [1.82, 2.24) is 25.4 Å². The van der Waals surface area contributed by atoms with Gasteiger partial charge in [-0.15, -0.1) is 0 Å². The molecular weight excluding hydrogens is 338 g/mol. The number of carbonyl (C=O) groups excluding carboxylic acids is 2. The zero-order valence-corrected chi connectivity index (χ0v) is 15.4. The molecule has 0 aromatic carbocycles. The summed E-state index contributed by atoms with van der Waals surface area (Å²) in [6, 6.07) is -0.330. The maximum Gasteiger partial charge on any atom is 0.239 e. The van der Waals surface area contributed by atoms with Gasteiger partial charge in [0.15, 0.2) is 0 Å². The molecule has 0 aliphatic carbocycles. The van der Waals surface area contributed by atoms with Gasteiger partial charge in [-0.3, -0.25) is 14.5 Å². The van der Waals surface area contributed by atoms with Crippen LogP contribution in [0.1, 0.15) is 24.2 Å². The number of piperazine rings is 1. The van der Waals surface area contributed by atoms with E-state index in [1.165, 1.54) is 0 Å². The Balaban J connectivity index is 1.52. The number of ether oxygens (including phenoxy) is 1. The van der Waals surface area contributed by atoms with E-state index in [-0.39, 0.29) is 24.3 Å². The number of nitrogens with zero attached hydrogens (tertiary/aromatic N) is 4. The number of likely N-dealkylation sites (N-methyl/N-ethyl adjacent to an activating group) is 1. The molecule has 2 saturated heterocycles. The third kappa shape index (κ3) is 4.59. The number of aromatic nitrogens is 2. The Kier molecular flexibility index (Phi) is 6.20. The average Bonchev–Trinajstić information content (AvgIpc) is 3.05. The van der Waals surface area contributed by atoms with Crippen molar-refractivity contribution >= 4 is 11.8 Å². The van der Waals surface area contributed by atoms with Crippen LogP contribution in [0.15, 0.2) is 4.63 Å². The van der Waals surface area contributed by atoms with Crippen molar-refractivity contribution in [3.05, 3.63) is 11.4 Å². The van der Waals surface area contributed by atoms with Crippen LogP contribution in [0, 0.1) is 12.8 Å². The molecule has 0 spiro atoms. The highest BCUT2D eigenvalue weighted by Crippen LogP contribution is 2.15. The number of hydrogen-bond acceptors (Lipinski definition) is 7. The van der Waals surface area contributed by atoms with Gasteiger partial charge in [-0.25, -0.2) is 4.63 Å². The zero-order chi connectivity index (χ0) is 18.5. The molecule has 1 N–H and O–H groups in total. The quantitative estimate of drug-likeness (QED) is 0.758. The van der Waals surface area contributed by atoms with E-state index in [4.69, 9.17) is 4.74 Å². The van der Waals surface area contributed by atoms with Crippen LogP contribution in [0.3, 0.4) is 0 Å². The lowest BCUT2D eigenvalue weighted by atomic mass is 10.0. The minimum atomic E-state index is -0.330. The SMILES string of the molecule is Cc1nonc1CC(=O)N1CCN(C)C(C(=O)NCC2CCOCC2)C1. The molecule has 2 amide bonds. The molecule has 0 bridgehead atoms. The number of nitrogens with one attached hydrogen (secondary N) is 1. The molecular formula is C17H27N5O4. The van der Waals surface area contributed by atoms with Crippen molar-refractivity contribution in [3.8, 4) is 0 Å². The van der Waals surface area contributed by atoms with Crippen molar-refractivity contribution in [2.75, 3.05) is 46.4 Å². The van der Waals surface area contributed by atoms with Gasteiger partial charge in [-0.1, -0.05) is 10.3 Å². The molecule has 144 valence electrons. The maximum absolute atomic E-state index is 12.6. The van der Waals surface area contributed by atoms with E-state index in [1.54, 1.807) is 11.8 Å². The van der Waals surface area contributed by atoms with E-state index < -0.39 is 0 Å². The van der Waals surface area contributed by atoms with Gasteiger partial charge in [0.05, 0.1) is 6.42 Å². The highest BCUT2D eigenvalue weighted by Gasteiger charge is 2.32. The number of hydrogen-bond donors (Lipinski definition) is 1. The molecule has 0 radical (unpaired) electrons. The minimum Gasteiger partial charge on any atom is -0.381 e. The number of rotatable bonds is 5. The molecule has 3 rings (SSSR count). The van der Waals surface area contributed by atoms with Gasteiger partial charge in [0, 0.05) is 39.4 Å². The summed E-state index contributed by atoms with van der Waals surface area (Å²) in [4.78, 5) is 28.9. The fourth-order valence-corrected chi connectivity index (χ4v) is 3.36. The predicted octanol–water partition coefficient (Wildman–Crippen LogP) is -0.394. The van der Waals surface area contributed by atoms with E-state index in [1.807, 2.05) is 11.9 Å². The Morgan fingerprint density at radius 1 is 1.23 bits per heavy atom. The van der Waals surface area contributed by atoms with Crippen molar-refractivity contribution in [2.45, 2.75) is 32.2 Å². The van der Waals surface area contributed by atoms with E-state index >= 15 is 0 Å². The Morgan fingerprint density at radius 3 is 2.69 bits per heavy atom. The molecule has 2 fully saturated rings. The number of aryl methyl sites for hydroxylation is 1. The first kappa shape index (κ1) is 18.8. The summed E-state index contributed by atoms with van der Waals surface area (Å²) in [5.41, 5.74) is 1.17. The lowest BCUT2D eigenvalue weighted by Gasteiger charge is -2.38. The van der Waals surface area contributed by atoms with Gasteiger partial charge in [0.2, 0.25) is 11.8 Å². The van der Waals surface area contributed by atoms with Crippen LogP contribution in [-0.2, 0) is 20.7 Å². The summed E-state index contributed by atoms with van der Waals surface area (Å²) in [7, 11) is 1.92. The van der Waals surface area contributed by atoms with Gasteiger partial charge in [-0.2, -0.15) is 0 Å². The van der Waals surface area contributed by atoms with Crippen molar-refractivity contribution < 1.29 is 19.0 Å². The second-order valence-electron chi connectivity index (χ2n) is 7.11. The normalized spacial score (nSPS) is 22.4. The molecule has 1 aromatic rings. The highest BCUT2D eigenvalue weighted by molar-refractivity contribution is 5.84. The van der Waals surface area contributed by atoms with Crippen molar-refractivity contribution in [2.24, 2.45) is 5.92 Å².